The summed E-state index contributed by atoms with van der Waals surface area (Å²) < 4.78 is 25.2. The highest BCUT2D eigenvalue weighted by Gasteiger charge is 2.78. The molecule has 1 aromatic carbocycles. The molecule has 10 nitrogen and oxygen atoms in total. The molecule has 0 amide bonds. The summed E-state index contributed by atoms with van der Waals surface area (Å²) in [6.07, 6.45) is 3.91. The van der Waals surface area contributed by atoms with Crippen LogP contribution in [0.3, 0.4) is 0 Å². The predicted octanol–water partition coefficient (Wildman–Crippen LogP) is 4.93. The normalized spacial score (nSPS) is 29.3. The molecular weight excluding hydrogens is 568 g/mol. The van der Waals surface area contributed by atoms with Crippen LogP contribution in [0.1, 0.15) is 89.7 Å². The summed E-state index contributed by atoms with van der Waals surface area (Å²) >= 11 is 0. The molecule has 236 valence electrons. The summed E-state index contributed by atoms with van der Waals surface area (Å²) in [4.78, 5) is 53.8. The number of aliphatic carboxylic acids is 1. The Morgan fingerprint density at radius 1 is 1.09 bits per heavy atom. The summed E-state index contributed by atoms with van der Waals surface area (Å²) in [5.41, 5.74) is -4.20. The molecule has 4 aliphatic rings. The van der Waals surface area contributed by atoms with E-state index in [-0.39, 0.29) is 59.4 Å². The third-order valence-electron chi connectivity index (χ3n) is 9.91. The van der Waals surface area contributed by atoms with Crippen LogP contribution in [0.15, 0.2) is 34.9 Å². The largest absolute Gasteiger partial charge is 0.507 e. The van der Waals surface area contributed by atoms with Crippen LogP contribution < -0.4 is 9.47 Å². The van der Waals surface area contributed by atoms with E-state index in [9.17, 15) is 29.4 Å². The maximum Gasteiger partial charge on any atom is 0.343 e. The lowest BCUT2D eigenvalue weighted by atomic mass is 9.59. The maximum absolute atomic E-state index is 14.8. The van der Waals surface area contributed by atoms with Gasteiger partial charge in [0.15, 0.2) is 11.4 Å². The minimum atomic E-state index is -2.06. The van der Waals surface area contributed by atoms with Crippen LogP contribution in [0, 0.1) is 5.92 Å². The van der Waals surface area contributed by atoms with Gasteiger partial charge in [-0.15, -0.1) is 0 Å². The van der Waals surface area contributed by atoms with Gasteiger partial charge in [0.1, 0.15) is 28.9 Å². The Morgan fingerprint density at radius 2 is 1.75 bits per heavy atom. The fourth-order valence-electron chi connectivity index (χ4n) is 7.24. The molecular formula is C34H40O10. The minimum Gasteiger partial charge on any atom is -0.507 e. The number of carbonyl (C=O) groups is 4. The number of Topliss-reactive ketones (excluding diaryl/α,β-unsaturated/α-hetero) is 1. The number of benzene rings is 1. The van der Waals surface area contributed by atoms with E-state index in [2.05, 4.69) is 0 Å². The number of ether oxygens (including phenoxy) is 4. The lowest BCUT2D eigenvalue weighted by Crippen LogP contribution is -2.67. The topological polar surface area (TPSA) is 146 Å². The van der Waals surface area contributed by atoms with Gasteiger partial charge >= 0.3 is 11.9 Å². The Kier molecular flexibility index (Phi) is 7.20. The SMILES string of the molecule is COC(=O)[C@]1(C/C=C(\C)C(=O)O)OC(C)(C)[C@@H]2CC(=O)C=C3C(=O)c4c(O)c(CC=C(C)C)c5c(c4O[C@]321)C(C)(C)[C@@H](C)O5. The molecule has 1 saturated heterocycles. The Balaban J connectivity index is 1.91. The number of carboxylic acid groups (broad SMARTS) is 1. The van der Waals surface area contributed by atoms with E-state index in [1.165, 1.54) is 26.2 Å². The van der Waals surface area contributed by atoms with Crippen molar-refractivity contribution >= 4 is 23.5 Å². The second-order valence-electron chi connectivity index (χ2n) is 13.6. The fraction of sp³-hybridized carbons (Fsp3) is 0.529. The number of hydrogen-bond acceptors (Lipinski definition) is 9. The first-order valence-electron chi connectivity index (χ1n) is 14.8. The Labute approximate surface area is 256 Å². The lowest BCUT2D eigenvalue weighted by Gasteiger charge is -2.50. The number of rotatable bonds is 6. The van der Waals surface area contributed by atoms with Crippen molar-refractivity contribution in [3.63, 3.8) is 0 Å². The van der Waals surface area contributed by atoms with E-state index in [4.69, 9.17) is 18.9 Å². The molecule has 0 aromatic heterocycles. The number of carboxylic acids is 1. The second kappa shape index (κ2) is 10.1. The molecule has 0 saturated carbocycles. The predicted molar refractivity (Wildman–Crippen MR) is 159 cm³/mol. The molecule has 1 aromatic rings. The zero-order chi connectivity index (χ0) is 32.7. The first-order valence-corrected chi connectivity index (χ1v) is 14.8. The van der Waals surface area contributed by atoms with Crippen molar-refractivity contribution in [1.82, 2.24) is 0 Å². The van der Waals surface area contributed by atoms with Crippen LogP contribution in [0.25, 0.3) is 0 Å². The molecule has 1 fully saturated rings. The van der Waals surface area contributed by atoms with Gasteiger partial charge in [-0.1, -0.05) is 31.6 Å². The van der Waals surface area contributed by atoms with Gasteiger partial charge < -0.3 is 29.2 Å². The highest BCUT2D eigenvalue weighted by molar-refractivity contribution is 6.19. The number of carbonyl (C=O) groups excluding carboxylic acids is 3. The van der Waals surface area contributed by atoms with Gasteiger partial charge in [0.2, 0.25) is 11.4 Å². The number of hydrogen-bond donors (Lipinski definition) is 2. The smallest absolute Gasteiger partial charge is 0.343 e. The van der Waals surface area contributed by atoms with Gasteiger partial charge in [-0.3, -0.25) is 9.59 Å². The number of esters is 1. The monoisotopic (exact) mass is 608 g/mol. The van der Waals surface area contributed by atoms with Crippen molar-refractivity contribution in [1.29, 1.82) is 0 Å². The molecule has 44 heavy (non-hydrogen) atoms. The Bertz CT molecular complexity index is 1600. The lowest BCUT2D eigenvalue weighted by molar-refractivity contribution is -0.188. The van der Waals surface area contributed by atoms with E-state index in [1.54, 1.807) is 13.8 Å². The van der Waals surface area contributed by atoms with Crippen LogP contribution in [0.2, 0.25) is 0 Å². The zero-order valence-electron chi connectivity index (χ0n) is 26.7. The number of aromatic hydroxyl groups is 1. The van der Waals surface area contributed by atoms with Crippen molar-refractivity contribution in [2.24, 2.45) is 5.92 Å². The van der Waals surface area contributed by atoms with Gasteiger partial charge in [0, 0.05) is 40.9 Å². The van der Waals surface area contributed by atoms with Gasteiger partial charge in [0.25, 0.3) is 0 Å². The second-order valence-corrected chi connectivity index (χ2v) is 13.6. The molecule has 1 aliphatic carbocycles. The summed E-state index contributed by atoms with van der Waals surface area (Å²) in [5.74, 6) is -3.84. The van der Waals surface area contributed by atoms with E-state index in [1.807, 2.05) is 40.7 Å². The van der Waals surface area contributed by atoms with Crippen molar-refractivity contribution in [3.05, 3.63) is 51.6 Å². The van der Waals surface area contributed by atoms with Crippen LogP contribution in [0.5, 0.6) is 17.2 Å². The third kappa shape index (κ3) is 4.09. The van der Waals surface area contributed by atoms with Crippen molar-refractivity contribution < 1.29 is 48.3 Å². The van der Waals surface area contributed by atoms with Crippen molar-refractivity contribution in [3.8, 4) is 17.2 Å². The standard InChI is InChI=1S/C34H40O10/c1-16(2)10-11-20-25(36)23-26(37)21-14-19(35)15-22-32(7,8)44-33(30(40)41-9,13-12-17(3)29(38)39)34(21,22)43-28(23)24-27(20)42-18(4)31(24,5)6/h10,12,14,18,22,36H,11,13,15H2,1-9H3,(H,38,39)/b17-12+/t18-,22+,33+,34-/m1/s1. The first kappa shape index (κ1) is 31.5. The molecule has 10 heteroatoms. The Morgan fingerprint density at radius 3 is 2.34 bits per heavy atom. The highest BCUT2D eigenvalue weighted by atomic mass is 16.6. The maximum atomic E-state index is 14.8. The zero-order valence-corrected chi connectivity index (χ0v) is 26.7. The number of methoxy groups -OCH3 is 1. The van der Waals surface area contributed by atoms with Crippen LogP contribution >= 0.6 is 0 Å². The summed E-state index contributed by atoms with van der Waals surface area (Å²) in [6.45, 7) is 14.4. The van der Waals surface area contributed by atoms with E-state index in [0.29, 0.717) is 16.9 Å². The van der Waals surface area contributed by atoms with Gasteiger partial charge in [-0.2, -0.15) is 0 Å². The summed E-state index contributed by atoms with van der Waals surface area (Å²) in [7, 11) is 1.17. The van der Waals surface area contributed by atoms with Crippen molar-refractivity contribution in [2.45, 2.75) is 103 Å². The number of ketones is 2. The number of phenols is 1. The van der Waals surface area contributed by atoms with Crippen LogP contribution in [-0.2, 0) is 35.7 Å². The summed E-state index contributed by atoms with van der Waals surface area (Å²) in [5, 5.41) is 21.4. The van der Waals surface area contributed by atoms with Gasteiger partial charge in [-0.05, 0) is 54.0 Å². The number of phenolic OH excluding ortho intramolecular Hbond substituents is 1. The molecule has 0 unspecified atom stereocenters. The molecule has 1 spiro atoms. The van der Waals surface area contributed by atoms with Crippen LogP contribution in [-0.4, -0.2) is 63.7 Å². The molecule has 0 bridgehead atoms. The van der Waals surface area contributed by atoms with E-state index in [0.717, 1.165) is 5.57 Å². The first-order chi connectivity index (χ1) is 20.4. The number of allylic oxidation sites excluding steroid dienone is 3. The average molecular weight is 609 g/mol. The summed E-state index contributed by atoms with van der Waals surface area (Å²) in [6, 6.07) is 0. The quantitative estimate of drug-likeness (QED) is 0.259. The Hall–Kier alpha value is -3.92. The van der Waals surface area contributed by atoms with E-state index < -0.39 is 45.9 Å². The van der Waals surface area contributed by atoms with Gasteiger partial charge in [-0.25, -0.2) is 9.59 Å². The molecule has 5 rings (SSSR count). The van der Waals surface area contributed by atoms with Gasteiger partial charge in [0.05, 0.1) is 18.3 Å². The third-order valence-corrected chi connectivity index (χ3v) is 9.91. The van der Waals surface area contributed by atoms with Crippen molar-refractivity contribution in [2.75, 3.05) is 7.11 Å². The molecule has 2 N–H and O–H groups in total. The fourth-order valence-corrected chi connectivity index (χ4v) is 7.24. The van der Waals surface area contributed by atoms with E-state index >= 15 is 0 Å². The molecule has 0 radical (unpaired) electrons. The van der Waals surface area contributed by atoms with Crippen LogP contribution in [0.4, 0.5) is 0 Å². The molecule has 4 atom stereocenters. The highest BCUT2D eigenvalue weighted by Crippen LogP contribution is 2.65. The minimum absolute atomic E-state index is 0.0553. The average Bonchev–Trinajstić information content (AvgIpc) is 3.28. The molecule has 3 aliphatic heterocycles. The molecule has 3 heterocycles. The number of fused-ring (bicyclic) bond motifs is 3.